The van der Waals surface area contributed by atoms with Crippen molar-refractivity contribution in [3.8, 4) is 0 Å². The Bertz CT molecular complexity index is 557. The average molecular weight is 317 g/mol. The maximum absolute atomic E-state index is 12.8. The third kappa shape index (κ3) is 5.72. The second-order valence-corrected chi connectivity index (χ2v) is 5.00. The van der Waals surface area contributed by atoms with Gasteiger partial charge in [0, 0.05) is 30.8 Å². The molecule has 0 aliphatic carbocycles. The van der Waals surface area contributed by atoms with Gasteiger partial charge in [0.15, 0.2) is 0 Å². The predicted octanol–water partition coefficient (Wildman–Crippen LogP) is 2.13. The standard InChI is InChI=1S/C14H18F3N3O2/c1-8(18)3-4-19-13(22)10-5-11(14(15,16)17)7-12(6-10)20-9(2)21/h5-8H,3-4,18H2,1-2H3,(H,19,22)(H,20,21). The number of anilines is 1. The van der Waals surface area contributed by atoms with Gasteiger partial charge in [0.05, 0.1) is 5.56 Å². The Morgan fingerprint density at radius 3 is 2.41 bits per heavy atom. The molecule has 4 N–H and O–H groups in total. The molecule has 0 radical (unpaired) electrons. The zero-order chi connectivity index (χ0) is 16.9. The molecule has 1 rings (SSSR count). The van der Waals surface area contributed by atoms with Gasteiger partial charge in [-0.25, -0.2) is 0 Å². The molecule has 0 aliphatic heterocycles. The molecule has 1 aromatic carbocycles. The van der Waals surface area contributed by atoms with Crippen LogP contribution in [0.5, 0.6) is 0 Å². The molecule has 0 heterocycles. The lowest BCUT2D eigenvalue weighted by atomic mass is 10.1. The minimum atomic E-state index is -4.62. The van der Waals surface area contributed by atoms with Crippen LogP contribution < -0.4 is 16.4 Å². The van der Waals surface area contributed by atoms with Crippen LogP contribution in [0, 0.1) is 0 Å². The number of amides is 2. The molecule has 0 spiro atoms. The molecule has 1 aromatic rings. The zero-order valence-corrected chi connectivity index (χ0v) is 12.3. The van der Waals surface area contributed by atoms with Gasteiger partial charge in [0.1, 0.15) is 0 Å². The second-order valence-electron chi connectivity index (χ2n) is 5.00. The summed E-state index contributed by atoms with van der Waals surface area (Å²) in [4.78, 5) is 22.9. The summed E-state index contributed by atoms with van der Waals surface area (Å²) >= 11 is 0. The van der Waals surface area contributed by atoms with Crippen molar-refractivity contribution in [1.82, 2.24) is 5.32 Å². The van der Waals surface area contributed by atoms with Gasteiger partial charge in [-0.05, 0) is 31.5 Å². The molecule has 8 heteroatoms. The highest BCUT2D eigenvalue weighted by atomic mass is 19.4. The first-order valence-electron chi connectivity index (χ1n) is 6.63. The molecule has 0 saturated heterocycles. The first kappa shape index (κ1) is 18.0. The number of carbonyl (C=O) groups excluding carboxylic acids is 2. The summed E-state index contributed by atoms with van der Waals surface area (Å²) in [5.41, 5.74) is 4.27. The average Bonchev–Trinajstić information content (AvgIpc) is 2.35. The van der Waals surface area contributed by atoms with E-state index >= 15 is 0 Å². The van der Waals surface area contributed by atoms with Crippen molar-refractivity contribution < 1.29 is 22.8 Å². The molecule has 122 valence electrons. The highest BCUT2D eigenvalue weighted by Crippen LogP contribution is 2.32. The Hall–Kier alpha value is -2.09. The lowest BCUT2D eigenvalue weighted by Gasteiger charge is -2.13. The molecule has 2 amide bonds. The van der Waals surface area contributed by atoms with E-state index in [1.165, 1.54) is 13.0 Å². The SMILES string of the molecule is CC(=O)Nc1cc(C(=O)NCCC(C)N)cc(C(F)(F)F)c1. The lowest BCUT2D eigenvalue weighted by molar-refractivity contribution is -0.137. The summed E-state index contributed by atoms with van der Waals surface area (Å²) in [5, 5.41) is 4.74. The third-order valence-corrected chi connectivity index (χ3v) is 2.73. The Morgan fingerprint density at radius 2 is 1.91 bits per heavy atom. The largest absolute Gasteiger partial charge is 0.416 e. The van der Waals surface area contributed by atoms with Crippen molar-refractivity contribution >= 4 is 17.5 Å². The van der Waals surface area contributed by atoms with Crippen LogP contribution in [-0.4, -0.2) is 24.4 Å². The fourth-order valence-electron chi connectivity index (χ4n) is 1.71. The number of hydrogen-bond acceptors (Lipinski definition) is 3. The Morgan fingerprint density at radius 1 is 1.27 bits per heavy atom. The van der Waals surface area contributed by atoms with Crippen LogP contribution in [0.15, 0.2) is 18.2 Å². The quantitative estimate of drug-likeness (QED) is 0.778. The normalized spacial score (nSPS) is 12.6. The molecule has 1 atom stereocenters. The van der Waals surface area contributed by atoms with Gasteiger partial charge < -0.3 is 16.4 Å². The van der Waals surface area contributed by atoms with E-state index in [9.17, 15) is 22.8 Å². The lowest BCUT2D eigenvalue weighted by Crippen LogP contribution is -2.29. The fraction of sp³-hybridized carbons (Fsp3) is 0.429. The molecule has 0 aromatic heterocycles. The van der Waals surface area contributed by atoms with E-state index in [0.717, 1.165) is 12.1 Å². The number of carbonyl (C=O) groups is 2. The first-order chi connectivity index (χ1) is 10.1. The van der Waals surface area contributed by atoms with E-state index in [4.69, 9.17) is 5.73 Å². The topological polar surface area (TPSA) is 84.2 Å². The summed E-state index contributed by atoms with van der Waals surface area (Å²) in [6.45, 7) is 3.18. The summed E-state index contributed by atoms with van der Waals surface area (Å²) < 4.78 is 38.5. The van der Waals surface area contributed by atoms with E-state index in [-0.39, 0.29) is 23.8 Å². The molecule has 0 fully saturated rings. The summed E-state index contributed by atoms with van der Waals surface area (Å²) in [6.07, 6.45) is -4.11. The van der Waals surface area contributed by atoms with Crippen molar-refractivity contribution in [2.75, 3.05) is 11.9 Å². The van der Waals surface area contributed by atoms with Gasteiger partial charge >= 0.3 is 6.18 Å². The molecule has 0 aliphatic rings. The number of hydrogen-bond donors (Lipinski definition) is 3. The maximum Gasteiger partial charge on any atom is 0.416 e. The number of alkyl halides is 3. The number of nitrogens with one attached hydrogen (secondary N) is 2. The van der Waals surface area contributed by atoms with Crippen molar-refractivity contribution in [1.29, 1.82) is 0 Å². The second kappa shape index (κ2) is 7.26. The molecule has 1 unspecified atom stereocenters. The maximum atomic E-state index is 12.8. The van der Waals surface area contributed by atoms with Crippen LogP contribution >= 0.6 is 0 Å². The minimum absolute atomic E-state index is 0.0836. The summed E-state index contributed by atoms with van der Waals surface area (Å²) in [7, 11) is 0. The Labute approximate surface area is 126 Å². The molecule has 22 heavy (non-hydrogen) atoms. The zero-order valence-electron chi connectivity index (χ0n) is 12.3. The third-order valence-electron chi connectivity index (χ3n) is 2.73. The van der Waals surface area contributed by atoms with Crippen LogP contribution in [0.25, 0.3) is 0 Å². The van der Waals surface area contributed by atoms with E-state index in [0.29, 0.717) is 6.42 Å². The number of benzene rings is 1. The van der Waals surface area contributed by atoms with Crippen LogP contribution in [-0.2, 0) is 11.0 Å². The van der Waals surface area contributed by atoms with E-state index in [1.807, 2.05) is 0 Å². The number of halogens is 3. The van der Waals surface area contributed by atoms with Gasteiger partial charge in [0.25, 0.3) is 5.91 Å². The smallest absolute Gasteiger partial charge is 0.352 e. The van der Waals surface area contributed by atoms with E-state index in [2.05, 4.69) is 10.6 Å². The Kier molecular flexibility index (Phi) is 5.92. The Balaban J connectivity index is 3.01. The van der Waals surface area contributed by atoms with E-state index in [1.54, 1.807) is 6.92 Å². The van der Waals surface area contributed by atoms with Crippen molar-refractivity contribution in [2.24, 2.45) is 5.73 Å². The number of rotatable bonds is 5. The predicted molar refractivity (Wildman–Crippen MR) is 76.3 cm³/mol. The van der Waals surface area contributed by atoms with Crippen molar-refractivity contribution in [2.45, 2.75) is 32.5 Å². The van der Waals surface area contributed by atoms with Crippen LogP contribution in [0.2, 0.25) is 0 Å². The van der Waals surface area contributed by atoms with Gasteiger partial charge in [0.2, 0.25) is 5.91 Å². The van der Waals surface area contributed by atoms with Gasteiger partial charge in [-0.3, -0.25) is 9.59 Å². The highest BCUT2D eigenvalue weighted by Gasteiger charge is 2.32. The van der Waals surface area contributed by atoms with Gasteiger partial charge in [-0.1, -0.05) is 0 Å². The minimum Gasteiger partial charge on any atom is -0.352 e. The molecular formula is C14H18F3N3O2. The van der Waals surface area contributed by atoms with Gasteiger partial charge in [-0.2, -0.15) is 13.2 Å². The van der Waals surface area contributed by atoms with E-state index < -0.39 is 23.6 Å². The summed E-state index contributed by atoms with van der Waals surface area (Å²) in [5.74, 6) is -1.18. The fourth-order valence-corrected chi connectivity index (χ4v) is 1.71. The van der Waals surface area contributed by atoms with Gasteiger partial charge in [-0.15, -0.1) is 0 Å². The monoisotopic (exact) mass is 317 g/mol. The molecular weight excluding hydrogens is 299 g/mol. The highest BCUT2D eigenvalue weighted by molar-refractivity contribution is 5.97. The van der Waals surface area contributed by atoms with Crippen LogP contribution in [0.4, 0.5) is 18.9 Å². The van der Waals surface area contributed by atoms with Crippen LogP contribution in [0.3, 0.4) is 0 Å². The van der Waals surface area contributed by atoms with Crippen molar-refractivity contribution in [3.05, 3.63) is 29.3 Å². The molecule has 0 bridgehead atoms. The van der Waals surface area contributed by atoms with Crippen LogP contribution in [0.1, 0.15) is 36.2 Å². The summed E-state index contributed by atoms with van der Waals surface area (Å²) in [6, 6.07) is 2.58. The molecule has 0 saturated carbocycles. The van der Waals surface area contributed by atoms with Crippen molar-refractivity contribution in [3.63, 3.8) is 0 Å². The number of nitrogens with two attached hydrogens (primary N) is 1. The molecule has 5 nitrogen and oxygen atoms in total. The first-order valence-corrected chi connectivity index (χ1v) is 6.63.